The van der Waals surface area contributed by atoms with Gasteiger partial charge in [-0.15, -0.1) is 0 Å². The van der Waals surface area contributed by atoms with Crippen molar-refractivity contribution in [3.05, 3.63) is 58.4 Å². The minimum Gasteiger partial charge on any atom is -0.381 e. The standard InChI is InChI=1S/C15H15ClFNO2S/c1-10-3-5-12(21(2,19)20)8-15(10)18-9-11-4-6-13(16)14(17)7-11/h3-8,18H,9H2,1-2H3. The molecule has 0 aromatic heterocycles. The largest absolute Gasteiger partial charge is 0.381 e. The highest BCUT2D eigenvalue weighted by atomic mass is 35.5. The number of aryl methyl sites for hydroxylation is 1. The van der Waals surface area contributed by atoms with Gasteiger partial charge in [-0.3, -0.25) is 0 Å². The van der Waals surface area contributed by atoms with Gasteiger partial charge in [-0.25, -0.2) is 12.8 Å². The van der Waals surface area contributed by atoms with E-state index >= 15 is 0 Å². The van der Waals surface area contributed by atoms with E-state index in [2.05, 4.69) is 5.32 Å². The number of benzene rings is 2. The molecular formula is C15H15ClFNO2S. The highest BCUT2D eigenvalue weighted by Gasteiger charge is 2.09. The molecule has 1 N–H and O–H groups in total. The Hall–Kier alpha value is -1.59. The second kappa shape index (κ2) is 6.03. The first-order chi connectivity index (χ1) is 9.77. The van der Waals surface area contributed by atoms with Crippen molar-refractivity contribution in [1.29, 1.82) is 0 Å². The Balaban J connectivity index is 2.21. The highest BCUT2D eigenvalue weighted by molar-refractivity contribution is 7.90. The lowest BCUT2D eigenvalue weighted by atomic mass is 10.1. The van der Waals surface area contributed by atoms with Gasteiger partial charge in [0.1, 0.15) is 5.82 Å². The summed E-state index contributed by atoms with van der Waals surface area (Å²) in [5.74, 6) is -0.474. The van der Waals surface area contributed by atoms with Gasteiger partial charge in [-0.2, -0.15) is 0 Å². The first-order valence-corrected chi connectivity index (χ1v) is 8.53. The second-order valence-corrected chi connectivity index (χ2v) is 7.27. The molecule has 0 radical (unpaired) electrons. The van der Waals surface area contributed by atoms with Crippen molar-refractivity contribution in [1.82, 2.24) is 0 Å². The minimum atomic E-state index is -3.25. The summed E-state index contributed by atoms with van der Waals surface area (Å²) in [6, 6.07) is 9.45. The van der Waals surface area contributed by atoms with Gasteiger partial charge in [-0.05, 0) is 42.3 Å². The first-order valence-electron chi connectivity index (χ1n) is 6.26. The Bertz CT molecular complexity index is 775. The first kappa shape index (κ1) is 15.8. The molecule has 0 aliphatic heterocycles. The number of rotatable bonds is 4. The molecule has 0 amide bonds. The summed E-state index contributed by atoms with van der Waals surface area (Å²) in [5.41, 5.74) is 2.34. The number of sulfone groups is 1. The lowest BCUT2D eigenvalue weighted by molar-refractivity contribution is 0.602. The van der Waals surface area contributed by atoms with E-state index in [9.17, 15) is 12.8 Å². The molecule has 2 aromatic rings. The zero-order valence-electron chi connectivity index (χ0n) is 11.7. The molecule has 21 heavy (non-hydrogen) atoms. The molecule has 112 valence electrons. The molecule has 0 saturated carbocycles. The molecule has 6 heteroatoms. The zero-order chi connectivity index (χ0) is 15.6. The van der Waals surface area contributed by atoms with Crippen LogP contribution >= 0.6 is 11.6 Å². The van der Waals surface area contributed by atoms with E-state index in [0.29, 0.717) is 12.2 Å². The van der Waals surface area contributed by atoms with Crippen molar-refractivity contribution >= 4 is 27.1 Å². The van der Waals surface area contributed by atoms with Crippen LogP contribution in [0.4, 0.5) is 10.1 Å². The molecule has 0 spiro atoms. The summed E-state index contributed by atoms with van der Waals surface area (Å²) in [6.07, 6.45) is 1.16. The van der Waals surface area contributed by atoms with Crippen LogP contribution < -0.4 is 5.32 Å². The molecule has 0 fully saturated rings. The van der Waals surface area contributed by atoms with Crippen molar-refractivity contribution < 1.29 is 12.8 Å². The van der Waals surface area contributed by atoms with E-state index in [1.807, 2.05) is 6.92 Å². The van der Waals surface area contributed by atoms with Gasteiger partial charge in [0.05, 0.1) is 9.92 Å². The smallest absolute Gasteiger partial charge is 0.175 e. The number of hydrogen-bond donors (Lipinski definition) is 1. The van der Waals surface area contributed by atoms with Crippen molar-refractivity contribution in [3.8, 4) is 0 Å². The fourth-order valence-corrected chi connectivity index (χ4v) is 2.63. The van der Waals surface area contributed by atoms with Crippen LogP contribution in [-0.4, -0.2) is 14.7 Å². The van der Waals surface area contributed by atoms with Crippen LogP contribution in [0.25, 0.3) is 0 Å². The van der Waals surface area contributed by atoms with Crippen LogP contribution in [0, 0.1) is 12.7 Å². The maximum absolute atomic E-state index is 13.4. The van der Waals surface area contributed by atoms with E-state index in [1.165, 1.54) is 12.1 Å². The Morgan fingerprint density at radius 1 is 1.19 bits per heavy atom. The summed E-state index contributed by atoms with van der Waals surface area (Å²) in [6.45, 7) is 2.25. The van der Waals surface area contributed by atoms with E-state index in [1.54, 1.807) is 24.3 Å². The third kappa shape index (κ3) is 3.95. The molecule has 0 aliphatic carbocycles. The van der Waals surface area contributed by atoms with Gasteiger partial charge in [0.2, 0.25) is 0 Å². The average molecular weight is 328 g/mol. The van der Waals surface area contributed by atoms with Crippen LogP contribution in [-0.2, 0) is 16.4 Å². The lowest BCUT2D eigenvalue weighted by Crippen LogP contribution is -2.04. The zero-order valence-corrected chi connectivity index (χ0v) is 13.2. The van der Waals surface area contributed by atoms with Crippen LogP contribution in [0.2, 0.25) is 5.02 Å². The SMILES string of the molecule is Cc1ccc(S(C)(=O)=O)cc1NCc1ccc(Cl)c(F)c1. The second-order valence-electron chi connectivity index (χ2n) is 4.85. The monoisotopic (exact) mass is 327 g/mol. The fourth-order valence-electron chi connectivity index (χ4n) is 1.87. The van der Waals surface area contributed by atoms with Crippen LogP contribution in [0.5, 0.6) is 0 Å². The van der Waals surface area contributed by atoms with Gasteiger partial charge in [0.15, 0.2) is 9.84 Å². The van der Waals surface area contributed by atoms with Crippen molar-refractivity contribution in [2.45, 2.75) is 18.4 Å². The molecule has 0 aliphatic rings. The van der Waals surface area contributed by atoms with Crippen LogP contribution in [0.1, 0.15) is 11.1 Å². The van der Waals surface area contributed by atoms with Crippen molar-refractivity contribution in [2.75, 3.05) is 11.6 Å². The number of hydrogen-bond acceptors (Lipinski definition) is 3. The van der Waals surface area contributed by atoms with Gasteiger partial charge >= 0.3 is 0 Å². The molecule has 0 saturated heterocycles. The van der Waals surface area contributed by atoms with Crippen molar-refractivity contribution in [2.24, 2.45) is 0 Å². The predicted octanol–water partition coefficient (Wildman–Crippen LogP) is 3.80. The topological polar surface area (TPSA) is 46.2 Å². The van der Waals surface area contributed by atoms with Gasteiger partial charge in [0.25, 0.3) is 0 Å². The molecule has 2 aromatic carbocycles. The Labute approximate surface area is 128 Å². The third-order valence-corrected chi connectivity index (χ3v) is 4.52. The Morgan fingerprint density at radius 3 is 2.52 bits per heavy atom. The normalized spacial score (nSPS) is 11.4. The molecule has 2 rings (SSSR count). The third-order valence-electron chi connectivity index (χ3n) is 3.10. The molecule has 0 unspecified atom stereocenters. The van der Waals surface area contributed by atoms with E-state index in [4.69, 9.17) is 11.6 Å². The van der Waals surface area contributed by atoms with Crippen molar-refractivity contribution in [3.63, 3.8) is 0 Å². The maximum Gasteiger partial charge on any atom is 0.175 e. The highest BCUT2D eigenvalue weighted by Crippen LogP contribution is 2.22. The number of nitrogens with one attached hydrogen (secondary N) is 1. The summed E-state index contributed by atoms with van der Waals surface area (Å²) < 4.78 is 36.5. The van der Waals surface area contributed by atoms with E-state index < -0.39 is 15.7 Å². The average Bonchev–Trinajstić information content (AvgIpc) is 2.40. The van der Waals surface area contributed by atoms with Crippen LogP contribution in [0.15, 0.2) is 41.3 Å². The fraction of sp³-hybridized carbons (Fsp3) is 0.200. The van der Waals surface area contributed by atoms with Gasteiger partial charge in [0, 0.05) is 18.5 Å². The maximum atomic E-state index is 13.4. The number of anilines is 1. The van der Waals surface area contributed by atoms with E-state index in [-0.39, 0.29) is 9.92 Å². The number of halogens is 2. The molecule has 0 atom stereocenters. The Kier molecular flexibility index (Phi) is 4.54. The van der Waals surface area contributed by atoms with Gasteiger partial charge < -0.3 is 5.32 Å². The minimum absolute atomic E-state index is 0.0778. The summed E-state index contributed by atoms with van der Waals surface area (Å²) in [5, 5.41) is 3.19. The summed E-state index contributed by atoms with van der Waals surface area (Å²) in [7, 11) is -3.25. The van der Waals surface area contributed by atoms with Gasteiger partial charge in [-0.1, -0.05) is 23.7 Å². The predicted molar refractivity (Wildman–Crippen MR) is 83.0 cm³/mol. The quantitative estimate of drug-likeness (QED) is 0.929. The molecule has 0 heterocycles. The van der Waals surface area contributed by atoms with Crippen LogP contribution in [0.3, 0.4) is 0 Å². The molecule has 0 bridgehead atoms. The lowest BCUT2D eigenvalue weighted by Gasteiger charge is -2.11. The Morgan fingerprint density at radius 2 is 1.90 bits per heavy atom. The summed E-state index contributed by atoms with van der Waals surface area (Å²) in [4.78, 5) is 0.248. The molecule has 3 nitrogen and oxygen atoms in total. The van der Waals surface area contributed by atoms with E-state index in [0.717, 1.165) is 17.4 Å². The molecular weight excluding hydrogens is 313 g/mol. The summed E-state index contributed by atoms with van der Waals surface area (Å²) >= 11 is 5.63.